The van der Waals surface area contributed by atoms with E-state index in [0.717, 1.165) is 11.3 Å². The summed E-state index contributed by atoms with van der Waals surface area (Å²) in [6, 6.07) is 14.0. The zero-order chi connectivity index (χ0) is 17.5. The number of amides is 1. The number of carbonyl (C=O) groups excluding carboxylic acids is 1. The van der Waals surface area contributed by atoms with Gasteiger partial charge in [-0.05, 0) is 47.9 Å². The van der Waals surface area contributed by atoms with Gasteiger partial charge in [0.15, 0.2) is 0 Å². The highest BCUT2D eigenvalue weighted by Crippen LogP contribution is 2.12. The fourth-order valence-corrected chi connectivity index (χ4v) is 2.16. The van der Waals surface area contributed by atoms with Crippen molar-refractivity contribution in [3.05, 3.63) is 65.2 Å². The van der Waals surface area contributed by atoms with Crippen LogP contribution in [0.25, 0.3) is 0 Å². The molecule has 5 heteroatoms. The number of nitrogens with one attached hydrogen (secondary N) is 2. The van der Waals surface area contributed by atoms with E-state index in [1.54, 1.807) is 30.3 Å². The average molecular weight is 326 g/mol. The first-order chi connectivity index (χ1) is 11.5. The van der Waals surface area contributed by atoms with E-state index in [4.69, 9.17) is 5.11 Å². The SMILES string of the molecule is CC(C)CNC(=O)c1ccc(NCc2cccc(C(=O)O)c2)cc1. The fraction of sp³-hybridized carbons (Fsp3) is 0.263. The Kier molecular flexibility index (Phi) is 5.95. The maximum atomic E-state index is 12.0. The molecule has 0 aliphatic heterocycles. The van der Waals surface area contributed by atoms with Crippen molar-refractivity contribution in [1.82, 2.24) is 5.32 Å². The maximum absolute atomic E-state index is 12.0. The van der Waals surface area contributed by atoms with Gasteiger partial charge in [0.1, 0.15) is 0 Å². The molecule has 3 N–H and O–H groups in total. The lowest BCUT2D eigenvalue weighted by molar-refractivity contribution is 0.0696. The van der Waals surface area contributed by atoms with Gasteiger partial charge in [-0.15, -0.1) is 0 Å². The van der Waals surface area contributed by atoms with Crippen LogP contribution in [0.4, 0.5) is 5.69 Å². The summed E-state index contributed by atoms with van der Waals surface area (Å²) in [5, 5.41) is 15.1. The molecule has 0 heterocycles. The van der Waals surface area contributed by atoms with Crippen molar-refractivity contribution in [2.24, 2.45) is 5.92 Å². The van der Waals surface area contributed by atoms with E-state index in [1.165, 1.54) is 0 Å². The van der Waals surface area contributed by atoms with E-state index in [2.05, 4.69) is 10.6 Å². The summed E-state index contributed by atoms with van der Waals surface area (Å²) in [7, 11) is 0. The smallest absolute Gasteiger partial charge is 0.335 e. The molecule has 0 aliphatic rings. The number of carboxylic acid groups (broad SMARTS) is 1. The van der Waals surface area contributed by atoms with Gasteiger partial charge in [0.25, 0.3) is 5.91 Å². The Labute approximate surface area is 141 Å². The monoisotopic (exact) mass is 326 g/mol. The van der Waals surface area contributed by atoms with Crippen molar-refractivity contribution in [2.75, 3.05) is 11.9 Å². The Morgan fingerprint density at radius 1 is 1.04 bits per heavy atom. The molecule has 0 saturated heterocycles. The van der Waals surface area contributed by atoms with Crippen LogP contribution in [0, 0.1) is 5.92 Å². The predicted molar refractivity (Wildman–Crippen MR) is 94.3 cm³/mol. The lowest BCUT2D eigenvalue weighted by atomic mass is 10.1. The van der Waals surface area contributed by atoms with Crippen LogP contribution in [0.2, 0.25) is 0 Å². The molecule has 2 rings (SSSR count). The van der Waals surface area contributed by atoms with Gasteiger partial charge >= 0.3 is 5.97 Å². The second kappa shape index (κ2) is 8.15. The van der Waals surface area contributed by atoms with Crippen molar-refractivity contribution in [2.45, 2.75) is 20.4 Å². The molecule has 0 fully saturated rings. The third kappa shape index (κ3) is 5.12. The second-order valence-corrected chi connectivity index (χ2v) is 6.04. The number of hydrogen-bond acceptors (Lipinski definition) is 3. The van der Waals surface area contributed by atoms with Gasteiger partial charge in [-0.1, -0.05) is 26.0 Å². The van der Waals surface area contributed by atoms with Crippen LogP contribution in [-0.2, 0) is 6.54 Å². The first-order valence-electron chi connectivity index (χ1n) is 7.90. The zero-order valence-corrected chi connectivity index (χ0v) is 13.9. The summed E-state index contributed by atoms with van der Waals surface area (Å²) < 4.78 is 0. The van der Waals surface area contributed by atoms with Crippen molar-refractivity contribution in [3.63, 3.8) is 0 Å². The van der Waals surface area contributed by atoms with Gasteiger partial charge in [-0.2, -0.15) is 0 Å². The Bertz CT molecular complexity index is 709. The van der Waals surface area contributed by atoms with E-state index < -0.39 is 5.97 Å². The Balaban J connectivity index is 1.93. The lowest BCUT2D eigenvalue weighted by Crippen LogP contribution is -2.27. The number of carboxylic acids is 1. The number of carbonyl (C=O) groups is 2. The third-order valence-electron chi connectivity index (χ3n) is 3.49. The molecule has 24 heavy (non-hydrogen) atoms. The molecule has 1 amide bonds. The highest BCUT2D eigenvalue weighted by molar-refractivity contribution is 5.94. The minimum atomic E-state index is -0.936. The second-order valence-electron chi connectivity index (χ2n) is 6.04. The molecule has 0 aromatic heterocycles. The van der Waals surface area contributed by atoms with Crippen molar-refractivity contribution in [1.29, 1.82) is 0 Å². The molecule has 0 bridgehead atoms. The zero-order valence-electron chi connectivity index (χ0n) is 13.9. The molecular formula is C19H22N2O3. The first kappa shape index (κ1) is 17.5. The molecule has 0 aliphatic carbocycles. The minimum Gasteiger partial charge on any atom is -0.478 e. The molecule has 2 aromatic carbocycles. The summed E-state index contributed by atoms with van der Waals surface area (Å²) >= 11 is 0. The molecule has 0 saturated carbocycles. The van der Waals surface area contributed by atoms with E-state index in [1.807, 2.05) is 32.0 Å². The van der Waals surface area contributed by atoms with Crippen LogP contribution < -0.4 is 10.6 Å². The highest BCUT2D eigenvalue weighted by atomic mass is 16.4. The number of hydrogen-bond donors (Lipinski definition) is 3. The topological polar surface area (TPSA) is 78.4 Å². The molecule has 0 radical (unpaired) electrons. The summed E-state index contributed by atoms with van der Waals surface area (Å²) in [5.74, 6) is -0.602. The van der Waals surface area contributed by atoms with Crippen LogP contribution in [0.5, 0.6) is 0 Å². The average Bonchev–Trinajstić information content (AvgIpc) is 2.58. The van der Waals surface area contributed by atoms with Gasteiger partial charge in [-0.25, -0.2) is 4.79 Å². The number of rotatable bonds is 7. The van der Waals surface area contributed by atoms with Crippen LogP contribution in [0.3, 0.4) is 0 Å². The lowest BCUT2D eigenvalue weighted by Gasteiger charge is -2.10. The number of aromatic carboxylic acids is 1. The summed E-state index contributed by atoms with van der Waals surface area (Å²) in [4.78, 5) is 22.9. The largest absolute Gasteiger partial charge is 0.478 e. The first-order valence-corrected chi connectivity index (χ1v) is 7.90. The van der Waals surface area contributed by atoms with Crippen molar-refractivity contribution >= 4 is 17.6 Å². The minimum absolute atomic E-state index is 0.0793. The van der Waals surface area contributed by atoms with Gasteiger partial charge in [0, 0.05) is 24.3 Å². The molecule has 126 valence electrons. The van der Waals surface area contributed by atoms with Crippen LogP contribution in [0.1, 0.15) is 40.1 Å². The van der Waals surface area contributed by atoms with E-state index in [-0.39, 0.29) is 11.5 Å². The number of benzene rings is 2. The van der Waals surface area contributed by atoms with Gasteiger partial charge in [-0.3, -0.25) is 4.79 Å². The quantitative estimate of drug-likeness (QED) is 0.729. The standard InChI is InChI=1S/C19H22N2O3/c1-13(2)11-21-18(22)15-6-8-17(9-7-15)20-12-14-4-3-5-16(10-14)19(23)24/h3-10,13,20H,11-12H2,1-2H3,(H,21,22)(H,23,24). The normalized spacial score (nSPS) is 10.5. The maximum Gasteiger partial charge on any atom is 0.335 e. The molecular weight excluding hydrogens is 304 g/mol. The van der Waals surface area contributed by atoms with Crippen molar-refractivity contribution in [3.8, 4) is 0 Å². The Hall–Kier alpha value is -2.82. The van der Waals surface area contributed by atoms with Gasteiger partial charge in [0.05, 0.1) is 5.56 Å². The summed E-state index contributed by atoms with van der Waals surface area (Å²) in [6.45, 7) is 5.26. The van der Waals surface area contributed by atoms with Gasteiger partial charge < -0.3 is 15.7 Å². The summed E-state index contributed by atoms with van der Waals surface area (Å²) in [5.41, 5.74) is 2.64. The molecule has 0 unspecified atom stereocenters. The van der Waals surface area contributed by atoms with Crippen LogP contribution in [0.15, 0.2) is 48.5 Å². The van der Waals surface area contributed by atoms with E-state index >= 15 is 0 Å². The fourth-order valence-electron chi connectivity index (χ4n) is 2.16. The molecule has 5 nitrogen and oxygen atoms in total. The molecule has 0 spiro atoms. The molecule has 2 aromatic rings. The Morgan fingerprint density at radius 2 is 1.75 bits per heavy atom. The van der Waals surface area contributed by atoms with Gasteiger partial charge in [0.2, 0.25) is 0 Å². The van der Waals surface area contributed by atoms with Crippen LogP contribution >= 0.6 is 0 Å². The third-order valence-corrected chi connectivity index (χ3v) is 3.49. The molecule has 0 atom stereocenters. The number of anilines is 1. The highest BCUT2D eigenvalue weighted by Gasteiger charge is 2.06. The predicted octanol–water partition coefficient (Wildman–Crippen LogP) is 3.38. The van der Waals surface area contributed by atoms with E-state index in [0.29, 0.717) is 24.6 Å². The van der Waals surface area contributed by atoms with Crippen molar-refractivity contribution < 1.29 is 14.7 Å². The van der Waals surface area contributed by atoms with E-state index in [9.17, 15) is 9.59 Å². The summed E-state index contributed by atoms with van der Waals surface area (Å²) in [6.07, 6.45) is 0. The van der Waals surface area contributed by atoms with Crippen LogP contribution in [-0.4, -0.2) is 23.5 Å². The Morgan fingerprint density at radius 3 is 2.38 bits per heavy atom.